The van der Waals surface area contributed by atoms with E-state index in [9.17, 15) is 9.59 Å². The number of amides is 2. The van der Waals surface area contributed by atoms with Crippen LogP contribution in [-0.2, 0) is 4.74 Å². The van der Waals surface area contributed by atoms with Gasteiger partial charge in [0.1, 0.15) is 12.4 Å². The Hall–Kier alpha value is -2.80. The molecule has 0 radical (unpaired) electrons. The number of piperazine rings is 1. The van der Waals surface area contributed by atoms with Gasteiger partial charge in [0.25, 0.3) is 11.8 Å². The van der Waals surface area contributed by atoms with Gasteiger partial charge in [-0.3, -0.25) is 9.59 Å². The number of rotatable bonds is 5. The van der Waals surface area contributed by atoms with E-state index < -0.39 is 0 Å². The van der Waals surface area contributed by atoms with Crippen LogP contribution in [0.2, 0.25) is 0 Å². The van der Waals surface area contributed by atoms with Gasteiger partial charge in [0.2, 0.25) is 0 Å². The molecule has 4 rings (SSSR count). The van der Waals surface area contributed by atoms with Crippen molar-refractivity contribution in [3.8, 4) is 5.75 Å². The van der Waals surface area contributed by atoms with Crippen LogP contribution in [0.5, 0.6) is 5.75 Å². The van der Waals surface area contributed by atoms with E-state index in [1.807, 2.05) is 12.1 Å². The molecule has 0 aliphatic carbocycles. The van der Waals surface area contributed by atoms with Crippen LogP contribution in [0.4, 0.5) is 0 Å². The van der Waals surface area contributed by atoms with E-state index in [4.69, 9.17) is 13.9 Å². The monoisotopic (exact) mass is 384 g/mol. The fourth-order valence-electron chi connectivity index (χ4n) is 3.54. The van der Waals surface area contributed by atoms with Gasteiger partial charge in [-0.25, -0.2) is 0 Å². The zero-order chi connectivity index (χ0) is 19.3. The van der Waals surface area contributed by atoms with Crippen LogP contribution in [0.1, 0.15) is 33.8 Å². The number of carbonyl (C=O) groups excluding carboxylic acids is 2. The molecule has 7 nitrogen and oxygen atoms in total. The van der Waals surface area contributed by atoms with Gasteiger partial charge in [-0.2, -0.15) is 0 Å². The summed E-state index contributed by atoms with van der Waals surface area (Å²) in [5, 5.41) is 0. The van der Waals surface area contributed by atoms with Crippen LogP contribution >= 0.6 is 0 Å². The normalized spacial score (nSPS) is 19.6. The predicted octanol–water partition coefficient (Wildman–Crippen LogP) is 2.44. The smallest absolute Gasteiger partial charge is 0.289 e. The van der Waals surface area contributed by atoms with Gasteiger partial charge < -0.3 is 23.7 Å². The van der Waals surface area contributed by atoms with E-state index in [1.165, 1.54) is 6.26 Å². The Labute approximate surface area is 163 Å². The molecule has 2 fully saturated rings. The molecule has 148 valence electrons. The van der Waals surface area contributed by atoms with Crippen molar-refractivity contribution in [2.24, 2.45) is 0 Å². The topological polar surface area (TPSA) is 72.2 Å². The summed E-state index contributed by atoms with van der Waals surface area (Å²) in [6.45, 7) is 3.26. The molecule has 0 bridgehead atoms. The van der Waals surface area contributed by atoms with Crippen LogP contribution in [0, 0.1) is 0 Å². The van der Waals surface area contributed by atoms with Crippen LogP contribution in [-0.4, -0.2) is 67.1 Å². The average molecular weight is 384 g/mol. The van der Waals surface area contributed by atoms with Crippen molar-refractivity contribution < 1.29 is 23.5 Å². The summed E-state index contributed by atoms with van der Waals surface area (Å²) >= 11 is 0. The van der Waals surface area contributed by atoms with Gasteiger partial charge in [-0.1, -0.05) is 6.07 Å². The molecule has 2 aromatic rings. The van der Waals surface area contributed by atoms with Crippen molar-refractivity contribution in [2.75, 3.05) is 39.4 Å². The maximum absolute atomic E-state index is 12.8. The van der Waals surface area contributed by atoms with Crippen molar-refractivity contribution in [2.45, 2.75) is 18.9 Å². The Morgan fingerprint density at radius 1 is 1.04 bits per heavy atom. The highest BCUT2D eigenvalue weighted by molar-refractivity contribution is 5.95. The third-order valence-electron chi connectivity index (χ3n) is 5.13. The molecule has 2 amide bonds. The van der Waals surface area contributed by atoms with Gasteiger partial charge >= 0.3 is 0 Å². The van der Waals surface area contributed by atoms with Crippen molar-refractivity contribution >= 4 is 11.8 Å². The highest BCUT2D eigenvalue weighted by Crippen LogP contribution is 2.19. The van der Waals surface area contributed by atoms with E-state index in [2.05, 4.69) is 0 Å². The first-order valence-corrected chi connectivity index (χ1v) is 9.67. The van der Waals surface area contributed by atoms with Crippen LogP contribution in [0.15, 0.2) is 47.1 Å². The predicted molar refractivity (Wildman–Crippen MR) is 101 cm³/mol. The van der Waals surface area contributed by atoms with Crippen molar-refractivity contribution in [1.29, 1.82) is 0 Å². The number of nitrogens with zero attached hydrogens (tertiary/aromatic N) is 2. The molecule has 1 unspecified atom stereocenters. The lowest BCUT2D eigenvalue weighted by Crippen LogP contribution is -2.50. The summed E-state index contributed by atoms with van der Waals surface area (Å²) in [4.78, 5) is 28.7. The fraction of sp³-hybridized carbons (Fsp3) is 0.429. The lowest BCUT2D eigenvalue weighted by Gasteiger charge is -2.34. The highest BCUT2D eigenvalue weighted by atomic mass is 16.5. The number of benzene rings is 1. The summed E-state index contributed by atoms with van der Waals surface area (Å²) in [7, 11) is 0. The standard InChI is InChI=1S/C21H24N2O5/c24-20(16-4-1-5-17(14-16)28-15-18-6-2-12-26-18)22-8-10-23(11-9-22)21(25)19-7-3-13-27-19/h1,3-5,7,13-14,18H,2,6,8-12,15H2. The third kappa shape index (κ3) is 4.20. The Balaban J connectivity index is 1.32. The third-order valence-corrected chi connectivity index (χ3v) is 5.13. The van der Waals surface area contributed by atoms with Crippen molar-refractivity contribution in [3.63, 3.8) is 0 Å². The molecule has 0 spiro atoms. The minimum Gasteiger partial charge on any atom is -0.491 e. The second kappa shape index (κ2) is 8.48. The molecule has 0 saturated carbocycles. The molecule has 7 heteroatoms. The number of hydrogen-bond acceptors (Lipinski definition) is 5. The van der Waals surface area contributed by atoms with E-state index >= 15 is 0 Å². The lowest BCUT2D eigenvalue weighted by atomic mass is 10.1. The molecule has 2 aliphatic heterocycles. The Bertz CT molecular complexity index is 806. The van der Waals surface area contributed by atoms with Gasteiger partial charge in [-0.15, -0.1) is 0 Å². The molecule has 2 saturated heterocycles. The molecular formula is C21H24N2O5. The first-order valence-electron chi connectivity index (χ1n) is 9.67. The van der Waals surface area contributed by atoms with E-state index in [-0.39, 0.29) is 17.9 Å². The van der Waals surface area contributed by atoms with E-state index in [1.54, 1.807) is 34.1 Å². The number of hydrogen-bond donors (Lipinski definition) is 0. The first kappa shape index (κ1) is 18.6. The number of carbonyl (C=O) groups is 2. The zero-order valence-corrected chi connectivity index (χ0v) is 15.7. The molecule has 28 heavy (non-hydrogen) atoms. The first-order chi connectivity index (χ1) is 13.7. The second-order valence-electron chi connectivity index (χ2n) is 7.04. The molecule has 0 N–H and O–H groups in total. The zero-order valence-electron chi connectivity index (χ0n) is 15.7. The summed E-state index contributed by atoms with van der Waals surface area (Å²) in [5.41, 5.74) is 0.593. The van der Waals surface area contributed by atoms with Gasteiger partial charge in [-0.05, 0) is 43.2 Å². The average Bonchev–Trinajstić information content (AvgIpc) is 3.46. The lowest BCUT2D eigenvalue weighted by molar-refractivity contribution is 0.0517. The number of furan rings is 1. The minimum atomic E-state index is -0.137. The van der Waals surface area contributed by atoms with Gasteiger partial charge in [0.05, 0.1) is 12.4 Å². The maximum atomic E-state index is 12.8. The molecule has 1 aromatic heterocycles. The van der Waals surface area contributed by atoms with Gasteiger partial charge in [0.15, 0.2) is 5.76 Å². The van der Waals surface area contributed by atoms with Crippen LogP contribution in [0.3, 0.4) is 0 Å². The number of ether oxygens (including phenoxy) is 2. The Kier molecular flexibility index (Phi) is 5.62. The SMILES string of the molecule is O=C(c1cccc(OCC2CCCO2)c1)N1CCN(C(=O)c2ccco2)CC1. The Morgan fingerprint density at radius 3 is 2.50 bits per heavy atom. The largest absolute Gasteiger partial charge is 0.491 e. The highest BCUT2D eigenvalue weighted by Gasteiger charge is 2.26. The maximum Gasteiger partial charge on any atom is 0.289 e. The summed E-state index contributed by atoms with van der Waals surface area (Å²) in [6.07, 6.45) is 3.71. The fourth-order valence-corrected chi connectivity index (χ4v) is 3.54. The van der Waals surface area contributed by atoms with Crippen molar-refractivity contribution in [1.82, 2.24) is 9.80 Å². The summed E-state index contributed by atoms with van der Waals surface area (Å²) < 4.78 is 16.5. The molecule has 3 heterocycles. The minimum absolute atomic E-state index is 0.0485. The van der Waals surface area contributed by atoms with Crippen LogP contribution in [0.25, 0.3) is 0 Å². The summed E-state index contributed by atoms with van der Waals surface area (Å²) in [6, 6.07) is 10.6. The quantitative estimate of drug-likeness (QED) is 0.792. The molecule has 1 aromatic carbocycles. The molecular weight excluding hydrogens is 360 g/mol. The van der Waals surface area contributed by atoms with E-state index in [0.29, 0.717) is 49.9 Å². The molecule has 1 atom stereocenters. The Morgan fingerprint density at radius 2 is 1.82 bits per heavy atom. The van der Waals surface area contributed by atoms with E-state index in [0.717, 1.165) is 19.4 Å². The molecule has 2 aliphatic rings. The van der Waals surface area contributed by atoms with Crippen LogP contribution < -0.4 is 4.74 Å². The van der Waals surface area contributed by atoms with Gasteiger partial charge in [0, 0.05) is 38.3 Å². The second-order valence-corrected chi connectivity index (χ2v) is 7.04. The van der Waals surface area contributed by atoms with Crippen molar-refractivity contribution in [3.05, 3.63) is 54.0 Å². The summed E-state index contributed by atoms with van der Waals surface area (Å²) in [5.74, 6) is 0.818.